The summed E-state index contributed by atoms with van der Waals surface area (Å²) in [6.45, 7) is 0. The summed E-state index contributed by atoms with van der Waals surface area (Å²) in [5.41, 5.74) is 2.66. The molecule has 27 heavy (non-hydrogen) atoms. The van der Waals surface area contributed by atoms with E-state index in [0.717, 1.165) is 30.1 Å². The highest BCUT2D eigenvalue weighted by atomic mass is 35.5. The molecule has 1 fully saturated rings. The normalized spacial score (nSPS) is 18.6. The molecule has 2 aromatic rings. The molecule has 1 saturated heterocycles. The van der Waals surface area contributed by atoms with E-state index in [-0.39, 0.29) is 12.4 Å². The molecule has 1 aliphatic rings. The molecule has 2 aromatic carbocycles. The minimum Gasteiger partial charge on any atom is -0.497 e. The summed E-state index contributed by atoms with van der Waals surface area (Å²) in [4.78, 5) is 0. The van der Waals surface area contributed by atoms with Crippen molar-refractivity contribution >= 4 is 12.4 Å². The molecule has 4 nitrogen and oxygen atoms in total. The number of benzene rings is 2. The molecular formula is C22H30ClNO3. The fourth-order valence-corrected chi connectivity index (χ4v) is 3.72. The van der Waals surface area contributed by atoms with Crippen LogP contribution in [0.15, 0.2) is 42.5 Å². The number of aryl methyl sites for hydroxylation is 1. The summed E-state index contributed by atoms with van der Waals surface area (Å²) in [5.74, 6) is 2.51. The predicted octanol–water partition coefficient (Wildman–Crippen LogP) is 4.43. The number of nitrogens with one attached hydrogen (secondary N) is 1. The van der Waals surface area contributed by atoms with Gasteiger partial charge in [0.15, 0.2) is 11.5 Å². The van der Waals surface area contributed by atoms with E-state index in [2.05, 4.69) is 29.6 Å². The highest BCUT2D eigenvalue weighted by Gasteiger charge is 2.23. The molecule has 1 heterocycles. The Hall–Kier alpha value is -1.91. The predicted molar refractivity (Wildman–Crippen MR) is 112 cm³/mol. The van der Waals surface area contributed by atoms with Crippen LogP contribution in [0.1, 0.15) is 30.4 Å². The molecule has 0 bridgehead atoms. The van der Waals surface area contributed by atoms with Gasteiger partial charge in [-0.2, -0.15) is 0 Å². The molecule has 0 amide bonds. The molecule has 1 aliphatic heterocycles. The van der Waals surface area contributed by atoms with Crippen molar-refractivity contribution in [3.05, 3.63) is 53.6 Å². The summed E-state index contributed by atoms with van der Waals surface area (Å²) in [5, 5.41) is 3.80. The average molecular weight is 392 g/mol. The van der Waals surface area contributed by atoms with Gasteiger partial charge in [-0.1, -0.05) is 18.2 Å². The molecule has 0 aliphatic carbocycles. The summed E-state index contributed by atoms with van der Waals surface area (Å²) in [6.07, 6.45) is 5.77. The lowest BCUT2D eigenvalue weighted by molar-refractivity contribution is 0.354. The lowest BCUT2D eigenvalue weighted by Gasteiger charge is -2.16. The molecule has 3 rings (SSSR count). The monoisotopic (exact) mass is 391 g/mol. The Morgan fingerprint density at radius 2 is 1.48 bits per heavy atom. The van der Waals surface area contributed by atoms with Crippen LogP contribution in [0.5, 0.6) is 17.2 Å². The van der Waals surface area contributed by atoms with Crippen LogP contribution in [0.4, 0.5) is 0 Å². The first-order chi connectivity index (χ1) is 12.7. The number of hydrogen-bond donors (Lipinski definition) is 1. The third-order valence-electron chi connectivity index (χ3n) is 5.21. The van der Waals surface area contributed by atoms with Crippen molar-refractivity contribution in [1.29, 1.82) is 0 Å². The van der Waals surface area contributed by atoms with Gasteiger partial charge in [0.25, 0.3) is 0 Å². The highest BCUT2D eigenvalue weighted by Crippen LogP contribution is 2.29. The largest absolute Gasteiger partial charge is 0.497 e. The van der Waals surface area contributed by atoms with E-state index < -0.39 is 0 Å². The van der Waals surface area contributed by atoms with Crippen LogP contribution in [0.3, 0.4) is 0 Å². The maximum atomic E-state index is 5.41. The zero-order valence-electron chi connectivity index (χ0n) is 16.4. The number of hydrogen-bond acceptors (Lipinski definition) is 4. The Kier molecular flexibility index (Phi) is 8.26. The molecule has 0 spiro atoms. The molecular weight excluding hydrogens is 362 g/mol. The molecule has 148 valence electrons. The first-order valence-electron chi connectivity index (χ1n) is 9.31. The Balaban J connectivity index is 0.00000261. The number of halogens is 1. The zero-order valence-corrected chi connectivity index (χ0v) is 17.2. The first kappa shape index (κ1) is 21.4. The second-order valence-electron chi connectivity index (χ2n) is 6.92. The lowest BCUT2D eigenvalue weighted by atomic mass is 10.0. The van der Waals surface area contributed by atoms with Crippen molar-refractivity contribution in [2.45, 2.75) is 44.2 Å². The van der Waals surface area contributed by atoms with Gasteiger partial charge in [0.05, 0.1) is 21.3 Å². The van der Waals surface area contributed by atoms with Crippen molar-refractivity contribution < 1.29 is 14.2 Å². The first-order valence-corrected chi connectivity index (χ1v) is 9.31. The molecule has 2 unspecified atom stereocenters. The van der Waals surface area contributed by atoms with Crippen LogP contribution >= 0.6 is 12.4 Å². The van der Waals surface area contributed by atoms with Crippen LogP contribution in [0, 0.1) is 0 Å². The van der Waals surface area contributed by atoms with Gasteiger partial charge in [-0.3, -0.25) is 0 Å². The van der Waals surface area contributed by atoms with Crippen LogP contribution < -0.4 is 19.5 Å². The molecule has 1 N–H and O–H groups in total. The van der Waals surface area contributed by atoms with Crippen molar-refractivity contribution in [3.63, 3.8) is 0 Å². The maximum Gasteiger partial charge on any atom is 0.160 e. The average Bonchev–Trinajstić information content (AvgIpc) is 3.14. The quantitative estimate of drug-likeness (QED) is 0.722. The Morgan fingerprint density at radius 3 is 2.15 bits per heavy atom. The van der Waals surface area contributed by atoms with Gasteiger partial charge in [-0.25, -0.2) is 0 Å². The van der Waals surface area contributed by atoms with Crippen molar-refractivity contribution in [3.8, 4) is 17.2 Å². The van der Waals surface area contributed by atoms with Gasteiger partial charge in [-0.05, 0) is 67.5 Å². The number of ether oxygens (including phenoxy) is 3. The smallest absolute Gasteiger partial charge is 0.160 e. The van der Waals surface area contributed by atoms with E-state index in [1.54, 1.807) is 21.3 Å². The van der Waals surface area contributed by atoms with Crippen molar-refractivity contribution in [2.75, 3.05) is 21.3 Å². The fourth-order valence-electron chi connectivity index (χ4n) is 3.72. The van der Waals surface area contributed by atoms with Crippen molar-refractivity contribution in [2.24, 2.45) is 0 Å². The van der Waals surface area contributed by atoms with E-state index >= 15 is 0 Å². The summed E-state index contributed by atoms with van der Waals surface area (Å²) in [7, 11) is 5.06. The third kappa shape index (κ3) is 5.78. The topological polar surface area (TPSA) is 39.7 Å². The minimum absolute atomic E-state index is 0. The van der Waals surface area contributed by atoms with Gasteiger partial charge < -0.3 is 19.5 Å². The van der Waals surface area contributed by atoms with Gasteiger partial charge in [0.1, 0.15) is 5.75 Å². The van der Waals surface area contributed by atoms with Gasteiger partial charge in [0, 0.05) is 12.1 Å². The molecule has 0 aromatic heterocycles. The summed E-state index contributed by atoms with van der Waals surface area (Å²) < 4.78 is 16.0. The van der Waals surface area contributed by atoms with Crippen molar-refractivity contribution in [1.82, 2.24) is 5.32 Å². The second kappa shape index (κ2) is 10.4. The van der Waals surface area contributed by atoms with Crippen LogP contribution in [0.2, 0.25) is 0 Å². The third-order valence-corrected chi connectivity index (χ3v) is 5.21. The SMILES string of the molecule is COc1ccc(CCC2CCC(Cc3ccc(OC)c(OC)c3)N2)cc1.Cl. The molecule has 0 saturated carbocycles. The molecule has 2 atom stereocenters. The van der Waals surface area contributed by atoms with E-state index in [4.69, 9.17) is 14.2 Å². The van der Waals surface area contributed by atoms with Gasteiger partial charge in [0.2, 0.25) is 0 Å². The minimum atomic E-state index is 0. The Bertz CT molecular complexity index is 705. The van der Waals surface area contributed by atoms with Crippen LogP contribution in [-0.2, 0) is 12.8 Å². The van der Waals surface area contributed by atoms with E-state index in [1.807, 2.05) is 18.2 Å². The second-order valence-corrected chi connectivity index (χ2v) is 6.92. The van der Waals surface area contributed by atoms with Gasteiger partial charge in [-0.15, -0.1) is 12.4 Å². The summed E-state index contributed by atoms with van der Waals surface area (Å²) in [6, 6.07) is 15.7. The van der Waals surface area contributed by atoms with E-state index in [1.165, 1.54) is 30.4 Å². The lowest BCUT2D eigenvalue weighted by Crippen LogP contribution is -2.31. The maximum absolute atomic E-state index is 5.41. The standard InChI is InChI=1S/C22H29NO3.ClH/c1-24-20-11-5-16(6-12-20)4-8-18-9-10-19(23-18)14-17-7-13-21(25-2)22(15-17)26-3;/h5-7,11-13,15,18-19,23H,4,8-10,14H2,1-3H3;1H. The Labute approximate surface area is 168 Å². The number of methoxy groups -OCH3 is 3. The van der Waals surface area contributed by atoms with Gasteiger partial charge >= 0.3 is 0 Å². The van der Waals surface area contributed by atoms with E-state index in [0.29, 0.717) is 12.1 Å². The Morgan fingerprint density at radius 1 is 0.815 bits per heavy atom. The fraction of sp³-hybridized carbons (Fsp3) is 0.455. The van der Waals surface area contributed by atoms with Crippen LogP contribution in [0.25, 0.3) is 0 Å². The summed E-state index contributed by atoms with van der Waals surface area (Å²) >= 11 is 0. The molecule has 5 heteroatoms. The highest BCUT2D eigenvalue weighted by molar-refractivity contribution is 5.85. The zero-order chi connectivity index (χ0) is 18.4. The molecule has 0 radical (unpaired) electrons. The van der Waals surface area contributed by atoms with E-state index in [9.17, 15) is 0 Å². The van der Waals surface area contributed by atoms with Crippen LogP contribution in [-0.4, -0.2) is 33.4 Å². The number of rotatable bonds is 8.